The average molecular weight is 302 g/mol. The Morgan fingerprint density at radius 3 is 1.36 bits per heavy atom. The van der Waals surface area contributed by atoms with Crippen molar-refractivity contribution in [3.63, 3.8) is 0 Å². The van der Waals surface area contributed by atoms with Crippen LogP contribution in [0.5, 0.6) is 11.5 Å². The maximum Gasteiger partial charge on any atom is 0.119 e. The van der Waals surface area contributed by atoms with Crippen molar-refractivity contribution in [3.05, 3.63) is 59.7 Å². The van der Waals surface area contributed by atoms with Gasteiger partial charge in [-0.3, -0.25) is 0 Å². The fraction of sp³-hybridized carbons (Fsp3) is 0.333. The van der Waals surface area contributed by atoms with E-state index in [4.69, 9.17) is 18.9 Å². The van der Waals surface area contributed by atoms with Crippen molar-refractivity contribution in [1.82, 2.24) is 0 Å². The van der Waals surface area contributed by atoms with Crippen LogP contribution in [-0.2, 0) is 9.47 Å². The maximum absolute atomic E-state index is 5.70. The van der Waals surface area contributed by atoms with Crippen molar-refractivity contribution in [2.75, 3.05) is 28.4 Å². The zero-order chi connectivity index (χ0) is 15.9. The molecular weight excluding hydrogens is 280 g/mol. The molecule has 0 unspecified atom stereocenters. The van der Waals surface area contributed by atoms with Crippen molar-refractivity contribution in [1.29, 1.82) is 0 Å². The summed E-state index contributed by atoms with van der Waals surface area (Å²) in [4.78, 5) is 0. The SMILES string of the molecule is COc1cccc([C@@H](OC)[C@@H](OC)c2cccc(OC)c2)c1. The van der Waals surface area contributed by atoms with Gasteiger partial charge in [0.25, 0.3) is 0 Å². The lowest BCUT2D eigenvalue weighted by atomic mass is 9.97. The number of rotatable bonds is 7. The number of hydrogen-bond donors (Lipinski definition) is 0. The highest BCUT2D eigenvalue weighted by molar-refractivity contribution is 5.34. The van der Waals surface area contributed by atoms with E-state index in [9.17, 15) is 0 Å². The van der Waals surface area contributed by atoms with Gasteiger partial charge in [-0.15, -0.1) is 0 Å². The van der Waals surface area contributed by atoms with Crippen molar-refractivity contribution < 1.29 is 18.9 Å². The van der Waals surface area contributed by atoms with Gasteiger partial charge in [0.05, 0.1) is 14.2 Å². The zero-order valence-corrected chi connectivity index (χ0v) is 13.4. The Labute approximate surface area is 131 Å². The van der Waals surface area contributed by atoms with Crippen LogP contribution in [0.2, 0.25) is 0 Å². The molecular formula is C18H22O4. The van der Waals surface area contributed by atoms with Gasteiger partial charge in [-0.05, 0) is 35.4 Å². The van der Waals surface area contributed by atoms with E-state index in [0.717, 1.165) is 22.6 Å². The van der Waals surface area contributed by atoms with Crippen LogP contribution in [0.3, 0.4) is 0 Å². The molecule has 0 bridgehead atoms. The minimum atomic E-state index is -0.243. The third-order valence-corrected chi connectivity index (χ3v) is 3.63. The van der Waals surface area contributed by atoms with E-state index in [0.29, 0.717) is 0 Å². The normalized spacial score (nSPS) is 13.5. The topological polar surface area (TPSA) is 36.9 Å². The quantitative estimate of drug-likeness (QED) is 0.780. The summed E-state index contributed by atoms with van der Waals surface area (Å²) in [6.45, 7) is 0. The van der Waals surface area contributed by atoms with Crippen molar-refractivity contribution >= 4 is 0 Å². The van der Waals surface area contributed by atoms with Gasteiger partial charge < -0.3 is 18.9 Å². The third kappa shape index (κ3) is 3.59. The van der Waals surface area contributed by atoms with Gasteiger partial charge in [0.15, 0.2) is 0 Å². The summed E-state index contributed by atoms with van der Waals surface area (Å²) in [6, 6.07) is 15.6. The van der Waals surface area contributed by atoms with Gasteiger partial charge in [-0.1, -0.05) is 24.3 Å². The van der Waals surface area contributed by atoms with Gasteiger partial charge in [0, 0.05) is 14.2 Å². The fourth-order valence-corrected chi connectivity index (χ4v) is 2.51. The Bertz CT molecular complexity index is 544. The van der Waals surface area contributed by atoms with Gasteiger partial charge in [-0.2, -0.15) is 0 Å². The summed E-state index contributed by atoms with van der Waals surface area (Å²) in [6.07, 6.45) is -0.487. The van der Waals surface area contributed by atoms with Gasteiger partial charge in [0.2, 0.25) is 0 Å². The van der Waals surface area contributed by atoms with E-state index >= 15 is 0 Å². The molecule has 0 aliphatic heterocycles. The highest BCUT2D eigenvalue weighted by Crippen LogP contribution is 2.36. The minimum Gasteiger partial charge on any atom is -0.497 e. The van der Waals surface area contributed by atoms with Crippen molar-refractivity contribution in [3.8, 4) is 11.5 Å². The summed E-state index contributed by atoms with van der Waals surface area (Å²) < 4.78 is 22.0. The van der Waals surface area contributed by atoms with E-state index in [1.54, 1.807) is 28.4 Å². The lowest BCUT2D eigenvalue weighted by Gasteiger charge is -2.26. The summed E-state index contributed by atoms with van der Waals surface area (Å²) in [5.41, 5.74) is 1.99. The molecule has 4 nitrogen and oxygen atoms in total. The Balaban J connectivity index is 2.37. The molecule has 0 aromatic heterocycles. The maximum atomic E-state index is 5.70. The molecule has 0 N–H and O–H groups in total. The number of ether oxygens (including phenoxy) is 4. The summed E-state index contributed by atoms with van der Waals surface area (Å²) >= 11 is 0. The Hall–Kier alpha value is -2.04. The molecule has 0 aliphatic carbocycles. The van der Waals surface area contributed by atoms with Crippen LogP contribution in [0.15, 0.2) is 48.5 Å². The van der Waals surface area contributed by atoms with E-state index in [-0.39, 0.29) is 12.2 Å². The lowest BCUT2D eigenvalue weighted by molar-refractivity contribution is -0.0398. The third-order valence-electron chi connectivity index (χ3n) is 3.63. The molecule has 0 heterocycles. The number of benzene rings is 2. The molecule has 0 saturated carbocycles. The van der Waals surface area contributed by atoms with Gasteiger partial charge in [-0.25, -0.2) is 0 Å². The van der Waals surface area contributed by atoms with Gasteiger partial charge in [0.1, 0.15) is 23.7 Å². The van der Waals surface area contributed by atoms with Crippen LogP contribution in [0.25, 0.3) is 0 Å². The Morgan fingerprint density at radius 1 is 0.636 bits per heavy atom. The molecule has 4 heteroatoms. The first-order chi connectivity index (χ1) is 10.7. The van der Waals surface area contributed by atoms with E-state index in [1.165, 1.54) is 0 Å². The molecule has 118 valence electrons. The van der Waals surface area contributed by atoms with Crippen molar-refractivity contribution in [2.24, 2.45) is 0 Å². The highest BCUT2D eigenvalue weighted by atomic mass is 16.5. The molecule has 2 atom stereocenters. The predicted molar refractivity (Wildman–Crippen MR) is 85.5 cm³/mol. The molecule has 22 heavy (non-hydrogen) atoms. The monoisotopic (exact) mass is 302 g/mol. The molecule has 0 spiro atoms. The second-order valence-electron chi connectivity index (χ2n) is 4.87. The van der Waals surface area contributed by atoms with Crippen LogP contribution >= 0.6 is 0 Å². The van der Waals surface area contributed by atoms with Gasteiger partial charge >= 0.3 is 0 Å². The first-order valence-corrected chi connectivity index (χ1v) is 7.07. The smallest absolute Gasteiger partial charge is 0.119 e. The summed E-state index contributed by atoms with van der Waals surface area (Å²) in [5.74, 6) is 1.58. The molecule has 0 fully saturated rings. The van der Waals surface area contributed by atoms with Crippen LogP contribution in [0, 0.1) is 0 Å². The molecule has 2 aromatic rings. The van der Waals surface area contributed by atoms with E-state index in [1.807, 2.05) is 48.5 Å². The second-order valence-corrected chi connectivity index (χ2v) is 4.87. The van der Waals surface area contributed by atoms with Crippen LogP contribution in [0.4, 0.5) is 0 Å². The summed E-state index contributed by atoms with van der Waals surface area (Å²) in [5, 5.41) is 0. The predicted octanol–water partition coefficient (Wildman–Crippen LogP) is 3.78. The van der Waals surface area contributed by atoms with Crippen LogP contribution in [0.1, 0.15) is 23.3 Å². The molecule has 0 aliphatic rings. The van der Waals surface area contributed by atoms with E-state index in [2.05, 4.69) is 0 Å². The van der Waals surface area contributed by atoms with Crippen molar-refractivity contribution in [2.45, 2.75) is 12.2 Å². The Morgan fingerprint density at radius 2 is 1.05 bits per heavy atom. The first-order valence-electron chi connectivity index (χ1n) is 7.07. The largest absolute Gasteiger partial charge is 0.497 e. The molecule has 0 saturated heterocycles. The highest BCUT2D eigenvalue weighted by Gasteiger charge is 2.25. The molecule has 0 amide bonds. The average Bonchev–Trinajstić information content (AvgIpc) is 2.59. The van der Waals surface area contributed by atoms with E-state index < -0.39 is 0 Å². The lowest BCUT2D eigenvalue weighted by Crippen LogP contribution is -2.15. The van der Waals surface area contributed by atoms with Crippen LogP contribution in [-0.4, -0.2) is 28.4 Å². The first kappa shape index (κ1) is 16.3. The standard InChI is InChI=1S/C18H22O4/c1-19-15-9-5-7-13(11-15)17(21-3)18(22-4)14-8-6-10-16(12-14)20-2/h5-12,17-18H,1-4H3/t17-,18+. The minimum absolute atomic E-state index is 0.243. The fourth-order valence-electron chi connectivity index (χ4n) is 2.51. The molecule has 0 radical (unpaired) electrons. The Kier molecular flexibility index (Phi) is 5.81. The zero-order valence-electron chi connectivity index (χ0n) is 13.4. The number of hydrogen-bond acceptors (Lipinski definition) is 4. The second kappa shape index (κ2) is 7.82. The van der Waals surface area contributed by atoms with Crippen LogP contribution < -0.4 is 9.47 Å². The summed E-state index contributed by atoms with van der Waals surface area (Å²) in [7, 11) is 6.65. The molecule has 2 aromatic carbocycles. The number of methoxy groups -OCH3 is 4. The molecule has 2 rings (SSSR count).